The lowest BCUT2D eigenvalue weighted by Gasteiger charge is -2.26. The third-order valence-corrected chi connectivity index (χ3v) is 3.26. The van der Waals surface area contributed by atoms with E-state index in [0.717, 1.165) is 31.8 Å². The number of hydrogen-bond donors (Lipinski definition) is 1. The molecule has 0 aromatic rings. The van der Waals surface area contributed by atoms with Crippen molar-refractivity contribution in [2.24, 2.45) is 0 Å². The summed E-state index contributed by atoms with van der Waals surface area (Å²) >= 11 is 1.87. The Bertz CT molecular complexity index is 166. The van der Waals surface area contributed by atoms with Gasteiger partial charge >= 0.3 is 0 Å². The minimum Gasteiger partial charge on any atom is -0.392 e. The second kappa shape index (κ2) is 5.95. The maximum absolute atomic E-state index is 9.62. The summed E-state index contributed by atoms with van der Waals surface area (Å²) in [5.41, 5.74) is 0. The SMILES string of the molecule is CSCCN1CC(O)CC1CN(C)C. The highest BCUT2D eigenvalue weighted by Crippen LogP contribution is 2.18. The van der Waals surface area contributed by atoms with Gasteiger partial charge < -0.3 is 10.0 Å². The van der Waals surface area contributed by atoms with Gasteiger partial charge in [0, 0.05) is 31.4 Å². The van der Waals surface area contributed by atoms with Crippen LogP contribution in [0, 0.1) is 0 Å². The number of β-amino-alcohol motifs (C(OH)–C–C–N with tert-alkyl or cyclic N) is 1. The molecule has 2 unspecified atom stereocenters. The van der Waals surface area contributed by atoms with Crippen LogP contribution in [0.2, 0.25) is 0 Å². The summed E-state index contributed by atoms with van der Waals surface area (Å²) in [5, 5.41) is 9.62. The summed E-state index contributed by atoms with van der Waals surface area (Å²) in [6.45, 7) is 3.03. The van der Waals surface area contributed by atoms with E-state index in [2.05, 4.69) is 30.2 Å². The van der Waals surface area contributed by atoms with Gasteiger partial charge in [0.05, 0.1) is 6.10 Å². The van der Waals surface area contributed by atoms with Crippen LogP contribution in [-0.2, 0) is 0 Å². The molecule has 2 atom stereocenters. The van der Waals surface area contributed by atoms with Gasteiger partial charge in [0.25, 0.3) is 0 Å². The van der Waals surface area contributed by atoms with E-state index in [1.165, 1.54) is 0 Å². The molecule has 1 N–H and O–H groups in total. The van der Waals surface area contributed by atoms with E-state index < -0.39 is 0 Å². The highest BCUT2D eigenvalue weighted by Gasteiger charge is 2.30. The quantitative estimate of drug-likeness (QED) is 0.720. The van der Waals surface area contributed by atoms with E-state index in [1.807, 2.05) is 11.8 Å². The normalized spacial score (nSPS) is 28.9. The van der Waals surface area contributed by atoms with Gasteiger partial charge in [-0.15, -0.1) is 0 Å². The molecule has 1 aliphatic rings. The van der Waals surface area contributed by atoms with Crippen molar-refractivity contribution in [2.75, 3.05) is 45.7 Å². The minimum atomic E-state index is -0.109. The summed E-state index contributed by atoms with van der Waals surface area (Å²) in [4.78, 5) is 4.62. The molecule has 0 spiro atoms. The number of hydrogen-bond acceptors (Lipinski definition) is 4. The summed E-state index contributed by atoms with van der Waals surface area (Å²) in [7, 11) is 4.19. The third kappa shape index (κ3) is 3.77. The van der Waals surface area contributed by atoms with E-state index in [4.69, 9.17) is 0 Å². The van der Waals surface area contributed by atoms with Crippen molar-refractivity contribution in [3.05, 3.63) is 0 Å². The van der Waals surface area contributed by atoms with Gasteiger partial charge in [-0.2, -0.15) is 11.8 Å². The molecule has 84 valence electrons. The number of likely N-dealkylation sites (N-methyl/N-ethyl adjacent to an activating group) is 1. The molecular formula is C10H22N2OS. The summed E-state index contributed by atoms with van der Waals surface area (Å²) in [5.74, 6) is 1.16. The van der Waals surface area contributed by atoms with E-state index in [0.29, 0.717) is 6.04 Å². The predicted octanol–water partition coefficient (Wildman–Crippen LogP) is 0.346. The lowest BCUT2D eigenvalue weighted by Crippen LogP contribution is -2.38. The Morgan fingerprint density at radius 2 is 2.21 bits per heavy atom. The van der Waals surface area contributed by atoms with Crippen LogP contribution in [-0.4, -0.2) is 72.8 Å². The molecule has 1 fully saturated rings. The maximum Gasteiger partial charge on any atom is 0.0682 e. The van der Waals surface area contributed by atoms with Crippen molar-refractivity contribution in [3.8, 4) is 0 Å². The molecule has 1 saturated heterocycles. The number of aliphatic hydroxyl groups excluding tert-OH is 1. The Morgan fingerprint density at radius 1 is 1.50 bits per heavy atom. The highest BCUT2D eigenvalue weighted by molar-refractivity contribution is 7.98. The van der Waals surface area contributed by atoms with Crippen LogP contribution < -0.4 is 0 Å². The summed E-state index contributed by atoms with van der Waals surface area (Å²) in [6, 6.07) is 0.548. The predicted molar refractivity (Wildman–Crippen MR) is 62.9 cm³/mol. The van der Waals surface area contributed by atoms with Gasteiger partial charge in [0.1, 0.15) is 0 Å². The van der Waals surface area contributed by atoms with Gasteiger partial charge in [-0.05, 0) is 26.8 Å². The van der Waals surface area contributed by atoms with E-state index in [9.17, 15) is 5.11 Å². The standard InChI is InChI=1S/C10H22N2OS/c1-11(2)7-9-6-10(13)8-12(9)4-5-14-3/h9-10,13H,4-8H2,1-3H3. The van der Waals surface area contributed by atoms with Gasteiger partial charge in [-0.1, -0.05) is 0 Å². The molecular weight excluding hydrogens is 196 g/mol. The van der Waals surface area contributed by atoms with Crippen LogP contribution in [0.5, 0.6) is 0 Å². The van der Waals surface area contributed by atoms with Gasteiger partial charge in [0.2, 0.25) is 0 Å². The minimum absolute atomic E-state index is 0.109. The fraction of sp³-hybridized carbons (Fsp3) is 1.00. The molecule has 0 amide bonds. The number of aliphatic hydroxyl groups is 1. The van der Waals surface area contributed by atoms with Crippen molar-refractivity contribution in [2.45, 2.75) is 18.6 Å². The zero-order valence-electron chi connectivity index (χ0n) is 9.44. The summed E-state index contributed by atoms with van der Waals surface area (Å²) in [6.07, 6.45) is 2.96. The van der Waals surface area contributed by atoms with Gasteiger partial charge in [-0.25, -0.2) is 0 Å². The van der Waals surface area contributed by atoms with Crippen molar-refractivity contribution in [1.82, 2.24) is 9.80 Å². The first-order valence-electron chi connectivity index (χ1n) is 5.19. The van der Waals surface area contributed by atoms with E-state index in [-0.39, 0.29) is 6.10 Å². The van der Waals surface area contributed by atoms with Gasteiger partial charge in [0.15, 0.2) is 0 Å². The Kier molecular flexibility index (Phi) is 5.23. The molecule has 1 rings (SSSR count). The fourth-order valence-corrected chi connectivity index (χ4v) is 2.47. The molecule has 14 heavy (non-hydrogen) atoms. The van der Waals surface area contributed by atoms with Crippen LogP contribution in [0.1, 0.15) is 6.42 Å². The van der Waals surface area contributed by atoms with Crippen LogP contribution in [0.3, 0.4) is 0 Å². The zero-order chi connectivity index (χ0) is 10.6. The molecule has 0 aromatic heterocycles. The molecule has 3 nitrogen and oxygen atoms in total. The van der Waals surface area contributed by atoms with Crippen LogP contribution in [0.15, 0.2) is 0 Å². The van der Waals surface area contributed by atoms with E-state index in [1.54, 1.807) is 0 Å². The number of rotatable bonds is 5. The summed E-state index contributed by atoms with van der Waals surface area (Å²) < 4.78 is 0. The molecule has 0 aromatic carbocycles. The van der Waals surface area contributed by atoms with Gasteiger partial charge in [-0.3, -0.25) is 4.90 Å². The molecule has 1 aliphatic heterocycles. The average molecular weight is 218 g/mol. The van der Waals surface area contributed by atoms with E-state index >= 15 is 0 Å². The first kappa shape index (κ1) is 12.3. The zero-order valence-corrected chi connectivity index (χ0v) is 10.3. The second-order valence-electron chi connectivity index (χ2n) is 4.29. The molecule has 0 saturated carbocycles. The molecule has 0 radical (unpaired) electrons. The molecule has 4 heteroatoms. The van der Waals surface area contributed by atoms with Crippen molar-refractivity contribution >= 4 is 11.8 Å². The molecule has 0 aliphatic carbocycles. The Labute approximate surface area is 91.5 Å². The van der Waals surface area contributed by atoms with Crippen molar-refractivity contribution < 1.29 is 5.11 Å². The van der Waals surface area contributed by atoms with Crippen LogP contribution >= 0.6 is 11.8 Å². The molecule has 0 bridgehead atoms. The first-order chi connectivity index (χ1) is 6.63. The lowest BCUT2D eigenvalue weighted by atomic mass is 10.2. The molecule has 1 heterocycles. The lowest BCUT2D eigenvalue weighted by molar-refractivity contribution is 0.176. The van der Waals surface area contributed by atoms with Crippen molar-refractivity contribution in [3.63, 3.8) is 0 Å². The Hall–Kier alpha value is 0.230. The number of nitrogens with zero attached hydrogens (tertiary/aromatic N) is 2. The average Bonchev–Trinajstić information content (AvgIpc) is 2.41. The van der Waals surface area contributed by atoms with Crippen LogP contribution in [0.25, 0.3) is 0 Å². The maximum atomic E-state index is 9.62. The van der Waals surface area contributed by atoms with Crippen molar-refractivity contribution in [1.29, 1.82) is 0 Å². The third-order valence-electron chi connectivity index (χ3n) is 2.66. The fourth-order valence-electron chi connectivity index (χ4n) is 2.05. The first-order valence-corrected chi connectivity index (χ1v) is 6.58. The number of likely N-dealkylation sites (tertiary alicyclic amines) is 1. The monoisotopic (exact) mass is 218 g/mol. The smallest absolute Gasteiger partial charge is 0.0682 e. The largest absolute Gasteiger partial charge is 0.392 e. The Balaban J connectivity index is 2.37. The Morgan fingerprint density at radius 3 is 2.79 bits per heavy atom. The second-order valence-corrected chi connectivity index (χ2v) is 5.28. The topological polar surface area (TPSA) is 26.7 Å². The number of thioether (sulfide) groups is 1. The van der Waals surface area contributed by atoms with Crippen LogP contribution in [0.4, 0.5) is 0 Å². The highest BCUT2D eigenvalue weighted by atomic mass is 32.2.